The van der Waals surface area contributed by atoms with Gasteiger partial charge in [0.25, 0.3) is 0 Å². The first-order valence-corrected chi connectivity index (χ1v) is 8.24. The Kier molecular flexibility index (Phi) is 6.31. The molecule has 2 heterocycles. The van der Waals surface area contributed by atoms with Crippen LogP contribution in [0.2, 0.25) is 0 Å². The maximum Gasteiger partial charge on any atom is 0.126 e. The highest BCUT2D eigenvalue weighted by Crippen LogP contribution is 2.22. The van der Waals surface area contributed by atoms with Crippen LogP contribution < -0.4 is 5.32 Å². The summed E-state index contributed by atoms with van der Waals surface area (Å²) in [6.07, 6.45) is 6.60. The quantitative estimate of drug-likeness (QED) is 0.817. The summed E-state index contributed by atoms with van der Waals surface area (Å²) in [6, 6.07) is 6.33. The lowest BCUT2D eigenvalue weighted by atomic mass is 9.92. The average molecular weight is 275 g/mol. The van der Waals surface area contributed by atoms with Gasteiger partial charge in [0.05, 0.1) is 5.69 Å². The Morgan fingerprint density at radius 3 is 2.70 bits per heavy atom. The zero-order chi connectivity index (χ0) is 14.2. The van der Waals surface area contributed by atoms with Gasteiger partial charge in [-0.25, -0.2) is 4.98 Å². The van der Waals surface area contributed by atoms with Gasteiger partial charge in [-0.1, -0.05) is 32.8 Å². The molecule has 0 aliphatic carbocycles. The van der Waals surface area contributed by atoms with Crippen LogP contribution in [0.4, 0.5) is 5.82 Å². The van der Waals surface area contributed by atoms with Crippen molar-refractivity contribution in [1.29, 1.82) is 0 Å². The SMILES string of the molecule is CCCNc1cccc(CN2CCC(CCC)CC2)n1. The number of rotatable bonds is 7. The van der Waals surface area contributed by atoms with Crippen molar-refractivity contribution >= 4 is 5.82 Å². The molecule has 0 aromatic carbocycles. The summed E-state index contributed by atoms with van der Waals surface area (Å²) in [4.78, 5) is 7.26. The number of anilines is 1. The first kappa shape index (κ1) is 15.3. The summed E-state index contributed by atoms with van der Waals surface area (Å²) in [6.45, 7) is 8.94. The largest absolute Gasteiger partial charge is 0.370 e. The summed E-state index contributed by atoms with van der Waals surface area (Å²) in [5, 5.41) is 3.37. The maximum atomic E-state index is 4.71. The monoisotopic (exact) mass is 275 g/mol. The van der Waals surface area contributed by atoms with Gasteiger partial charge in [-0.3, -0.25) is 4.90 Å². The molecule has 2 rings (SSSR count). The molecule has 1 aliphatic heterocycles. The highest BCUT2D eigenvalue weighted by atomic mass is 15.1. The Bertz CT molecular complexity index is 384. The van der Waals surface area contributed by atoms with E-state index in [0.717, 1.165) is 31.2 Å². The number of aromatic nitrogens is 1. The Balaban J connectivity index is 1.81. The van der Waals surface area contributed by atoms with Crippen molar-refractivity contribution in [2.75, 3.05) is 25.0 Å². The van der Waals surface area contributed by atoms with Crippen LogP contribution in [-0.2, 0) is 6.54 Å². The van der Waals surface area contributed by atoms with E-state index < -0.39 is 0 Å². The smallest absolute Gasteiger partial charge is 0.126 e. The number of hydrogen-bond donors (Lipinski definition) is 1. The minimum Gasteiger partial charge on any atom is -0.370 e. The van der Waals surface area contributed by atoms with Gasteiger partial charge >= 0.3 is 0 Å². The fourth-order valence-corrected chi connectivity index (χ4v) is 2.99. The van der Waals surface area contributed by atoms with Gasteiger partial charge in [0.2, 0.25) is 0 Å². The van der Waals surface area contributed by atoms with Crippen LogP contribution >= 0.6 is 0 Å². The average Bonchev–Trinajstić information content (AvgIpc) is 2.48. The molecule has 3 heteroatoms. The molecule has 1 fully saturated rings. The summed E-state index contributed by atoms with van der Waals surface area (Å²) < 4.78 is 0. The zero-order valence-electron chi connectivity index (χ0n) is 13.1. The van der Waals surface area contributed by atoms with E-state index >= 15 is 0 Å². The van der Waals surface area contributed by atoms with Crippen LogP contribution in [-0.4, -0.2) is 29.5 Å². The van der Waals surface area contributed by atoms with Crippen LogP contribution in [0.3, 0.4) is 0 Å². The topological polar surface area (TPSA) is 28.2 Å². The van der Waals surface area contributed by atoms with E-state index in [1.54, 1.807) is 0 Å². The third-order valence-corrected chi connectivity index (χ3v) is 4.15. The minimum atomic E-state index is 0.960. The second-order valence-corrected chi connectivity index (χ2v) is 5.95. The van der Waals surface area contributed by atoms with Gasteiger partial charge in [-0.15, -0.1) is 0 Å². The standard InChI is InChI=1S/C17H29N3/c1-3-6-15-9-12-20(13-10-15)14-16-7-5-8-17(19-16)18-11-4-2/h5,7-8,15H,3-4,6,9-14H2,1-2H3,(H,18,19). The number of likely N-dealkylation sites (tertiary alicyclic amines) is 1. The van der Waals surface area contributed by atoms with Crippen molar-refractivity contribution in [2.24, 2.45) is 5.92 Å². The molecule has 1 N–H and O–H groups in total. The number of piperidine rings is 1. The van der Waals surface area contributed by atoms with Gasteiger partial charge in [-0.2, -0.15) is 0 Å². The summed E-state index contributed by atoms with van der Waals surface area (Å²) in [7, 11) is 0. The van der Waals surface area contributed by atoms with E-state index in [1.165, 1.54) is 44.5 Å². The van der Waals surface area contributed by atoms with Crippen molar-refractivity contribution in [3.8, 4) is 0 Å². The molecule has 20 heavy (non-hydrogen) atoms. The molecular formula is C17H29N3. The molecule has 0 saturated carbocycles. The van der Waals surface area contributed by atoms with E-state index in [0.29, 0.717) is 0 Å². The fraction of sp³-hybridized carbons (Fsp3) is 0.706. The first-order valence-electron chi connectivity index (χ1n) is 8.24. The van der Waals surface area contributed by atoms with E-state index in [-0.39, 0.29) is 0 Å². The molecule has 1 aromatic heterocycles. The van der Waals surface area contributed by atoms with Gasteiger partial charge in [0.1, 0.15) is 5.82 Å². The minimum absolute atomic E-state index is 0.960. The van der Waals surface area contributed by atoms with Crippen molar-refractivity contribution in [1.82, 2.24) is 9.88 Å². The third-order valence-electron chi connectivity index (χ3n) is 4.15. The van der Waals surface area contributed by atoms with Crippen LogP contribution in [0.1, 0.15) is 51.6 Å². The van der Waals surface area contributed by atoms with E-state index in [2.05, 4.69) is 42.3 Å². The van der Waals surface area contributed by atoms with Gasteiger partial charge in [-0.05, 0) is 50.4 Å². The Morgan fingerprint density at radius 1 is 1.20 bits per heavy atom. The van der Waals surface area contributed by atoms with Crippen LogP contribution in [0.5, 0.6) is 0 Å². The molecule has 1 saturated heterocycles. The Labute approximate surface area is 123 Å². The van der Waals surface area contributed by atoms with Crippen molar-refractivity contribution in [3.63, 3.8) is 0 Å². The number of pyridine rings is 1. The fourth-order valence-electron chi connectivity index (χ4n) is 2.99. The Hall–Kier alpha value is -1.09. The molecule has 3 nitrogen and oxygen atoms in total. The second kappa shape index (κ2) is 8.25. The highest BCUT2D eigenvalue weighted by Gasteiger charge is 2.18. The molecule has 0 atom stereocenters. The lowest BCUT2D eigenvalue weighted by molar-refractivity contribution is 0.170. The molecule has 0 unspecified atom stereocenters. The van der Waals surface area contributed by atoms with Crippen LogP contribution in [0.25, 0.3) is 0 Å². The summed E-state index contributed by atoms with van der Waals surface area (Å²) >= 11 is 0. The maximum absolute atomic E-state index is 4.71. The molecular weight excluding hydrogens is 246 g/mol. The third kappa shape index (κ3) is 4.78. The van der Waals surface area contributed by atoms with E-state index in [4.69, 9.17) is 4.98 Å². The van der Waals surface area contributed by atoms with Crippen molar-refractivity contribution < 1.29 is 0 Å². The van der Waals surface area contributed by atoms with Gasteiger partial charge in [0, 0.05) is 13.1 Å². The molecule has 1 aliphatic rings. The number of nitrogens with zero attached hydrogens (tertiary/aromatic N) is 2. The molecule has 0 spiro atoms. The van der Waals surface area contributed by atoms with Crippen LogP contribution in [0.15, 0.2) is 18.2 Å². The number of nitrogens with one attached hydrogen (secondary N) is 1. The Morgan fingerprint density at radius 2 is 2.00 bits per heavy atom. The molecule has 0 bridgehead atoms. The lowest BCUT2D eigenvalue weighted by Gasteiger charge is -2.31. The highest BCUT2D eigenvalue weighted by molar-refractivity contribution is 5.35. The summed E-state index contributed by atoms with van der Waals surface area (Å²) in [5.41, 5.74) is 1.19. The van der Waals surface area contributed by atoms with E-state index in [1.807, 2.05) is 0 Å². The number of hydrogen-bond acceptors (Lipinski definition) is 3. The van der Waals surface area contributed by atoms with Crippen molar-refractivity contribution in [2.45, 2.75) is 52.5 Å². The lowest BCUT2D eigenvalue weighted by Crippen LogP contribution is -2.33. The predicted molar refractivity (Wildman–Crippen MR) is 85.9 cm³/mol. The van der Waals surface area contributed by atoms with Crippen LogP contribution in [0, 0.1) is 5.92 Å². The van der Waals surface area contributed by atoms with E-state index in [9.17, 15) is 0 Å². The first-order chi connectivity index (χ1) is 9.81. The van der Waals surface area contributed by atoms with Gasteiger partial charge < -0.3 is 5.32 Å². The molecule has 1 aromatic rings. The summed E-state index contributed by atoms with van der Waals surface area (Å²) in [5.74, 6) is 1.98. The molecule has 0 radical (unpaired) electrons. The van der Waals surface area contributed by atoms with Gasteiger partial charge in [0.15, 0.2) is 0 Å². The predicted octanol–water partition coefficient (Wildman–Crippen LogP) is 3.92. The molecule has 0 amide bonds. The van der Waals surface area contributed by atoms with Crippen molar-refractivity contribution in [3.05, 3.63) is 23.9 Å². The second-order valence-electron chi connectivity index (χ2n) is 5.95. The zero-order valence-corrected chi connectivity index (χ0v) is 13.1. The molecule has 112 valence electrons. The normalized spacial score (nSPS) is 17.3.